The van der Waals surface area contributed by atoms with Crippen LogP contribution in [-0.2, 0) is 13.0 Å². The maximum atomic E-state index is 10.7. The molecule has 0 bridgehead atoms. The Labute approximate surface area is 207 Å². The highest BCUT2D eigenvalue weighted by atomic mass is 127. The number of nitrogens with zero attached hydrogens (tertiary/aromatic N) is 4. The zero-order valence-electron chi connectivity index (χ0n) is 19.5. The van der Waals surface area contributed by atoms with Crippen LogP contribution in [0, 0.1) is 0 Å². The van der Waals surface area contributed by atoms with Crippen molar-refractivity contribution in [3.05, 3.63) is 35.4 Å². The number of benzene rings is 1. The molecular weight excluding hydrogens is 523 g/mol. The molecule has 0 saturated carbocycles. The third kappa shape index (κ3) is 6.71. The second kappa shape index (κ2) is 12.2. The average molecular weight is 558 g/mol. The van der Waals surface area contributed by atoms with Gasteiger partial charge in [0.15, 0.2) is 11.8 Å². The van der Waals surface area contributed by atoms with E-state index in [4.69, 9.17) is 9.47 Å². The van der Waals surface area contributed by atoms with Crippen LogP contribution >= 0.6 is 24.0 Å². The number of nitrogens with one attached hydrogen (secondary N) is 2. The minimum absolute atomic E-state index is 0. The zero-order valence-corrected chi connectivity index (χ0v) is 21.8. The van der Waals surface area contributed by atoms with Crippen molar-refractivity contribution in [2.45, 2.75) is 58.2 Å². The quantitative estimate of drug-likeness (QED) is 0.260. The van der Waals surface area contributed by atoms with Crippen molar-refractivity contribution < 1.29 is 14.6 Å². The lowest BCUT2D eigenvalue weighted by atomic mass is 10.1. The number of rotatable bonds is 8. The molecule has 32 heavy (non-hydrogen) atoms. The minimum atomic E-state index is -0.777. The Morgan fingerprint density at radius 3 is 2.53 bits per heavy atom. The second-order valence-corrected chi connectivity index (χ2v) is 7.98. The predicted octanol–water partition coefficient (Wildman–Crippen LogP) is 2.64. The first-order chi connectivity index (χ1) is 14.9. The number of hydrogen-bond donors (Lipinski definition) is 3. The van der Waals surface area contributed by atoms with Crippen molar-refractivity contribution in [2.24, 2.45) is 4.99 Å². The van der Waals surface area contributed by atoms with Gasteiger partial charge in [0.2, 0.25) is 0 Å². The van der Waals surface area contributed by atoms with Crippen LogP contribution in [0.1, 0.15) is 56.4 Å². The molecule has 1 aromatic carbocycles. The van der Waals surface area contributed by atoms with Crippen LogP contribution in [-0.4, -0.2) is 59.2 Å². The topological polar surface area (TPSA) is 106 Å². The number of methoxy groups -OCH3 is 2. The number of guanidine groups is 1. The number of hydrogen-bond acceptors (Lipinski definition) is 6. The standard InChI is InChI=1S/C22H34N6O3.HI/c1-6-23-22(24-12-19(29)15-9-17(30-4)11-18(10-15)31-5)25-16-7-8-20-26-21(14(2)3)27-28(20)13-16;/h9-11,14,16,19,29H,6-8,12-13H2,1-5H3,(H2,23,24,25);1H. The molecule has 3 N–H and O–H groups in total. The Hall–Kier alpha value is -2.08. The number of aliphatic hydroxyl groups is 1. The maximum absolute atomic E-state index is 10.7. The first-order valence-corrected chi connectivity index (χ1v) is 10.8. The Bertz CT molecular complexity index is 880. The molecule has 1 aliphatic rings. The largest absolute Gasteiger partial charge is 0.497 e. The summed E-state index contributed by atoms with van der Waals surface area (Å²) >= 11 is 0. The van der Waals surface area contributed by atoms with Gasteiger partial charge in [-0.15, -0.1) is 24.0 Å². The normalized spacial score (nSPS) is 16.7. The third-order valence-corrected chi connectivity index (χ3v) is 5.26. The highest BCUT2D eigenvalue weighted by Gasteiger charge is 2.23. The summed E-state index contributed by atoms with van der Waals surface area (Å²) < 4.78 is 12.6. The van der Waals surface area contributed by atoms with Crippen molar-refractivity contribution >= 4 is 29.9 Å². The number of ether oxygens (including phenoxy) is 2. The number of aryl methyl sites for hydroxylation is 1. The van der Waals surface area contributed by atoms with Gasteiger partial charge in [0.05, 0.1) is 33.4 Å². The van der Waals surface area contributed by atoms with Gasteiger partial charge in [-0.3, -0.25) is 4.99 Å². The fourth-order valence-electron chi connectivity index (χ4n) is 3.51. The molecule has 2 heterocycles. The smallest absolute Gasteiger partial charge is 0.191 e. The van der Waals surface area contributed by atoms with E-state index in [2.05, 4.69) is 39.6 Å². The molecular formula is C22H35IN6O3. The van der Waals surface area contributed by atoms with Gasteiger partial charge >= 0.3 is 0 Å². The van der Waals surface area contributed by atoms with Crippen molar-refractivity contribution in [1.29, 1.82) is 0 Å². The summed E-state index contributed by atoms with van der Waals surface area (Å²) in [6, 6.07) is 5.56. The summed E-state index contributed by atoms with van der Waals surface area (Å²) in [6.07, 6.45) is 1.06. The molecule has 0 saturated heterocycles. The van der Waals surface area contributed by atoms with Crippen molar-refractivity contribution in [3.8, 4) is 11.5 Å². The zero-order chi connectivity index (χ0) is 22.4. The van der Waals surface area contributed by atoms with E-state index < -0.39 is 6.10 Å². The van der Waals surface area contributed by atoms with Crippen molar-refractivity contribution in [3.63, 3.8) is 0 Å². The Morgan fingerprint density at radius 2 is 1.94 bits per heavy atom. The molecule has 0 amide bonds. The summed E-state index contributed by atoms with van der Waals surface area (Å²) in [6.45, 7) is 7.92. The molecule has 3 rings (SSSR count). The average Bonchev–Trinajstić information content (AvgIpc) is 3.20. The van der Waals surface area contributed by atoms with Gasteiger partial charge in [-0.1, -0.05) is 13.8 Å². The molecule has 10 heteroatoms. The van der Waals surface area contributed by atoms with E-state index in [-0.39, 0.29) is 36.6 Å². The summed E-state index contributed by atoms with van der Waals surface area (Å²) in [4.78, 5) is 9.25. The van der Waals surface area contributed by atoms with E-state index in [1.165, 1.54) is 0 Å². The first kappa shape index (κ1) is 26.2. The number of aliphatic hydroxyl groups excluding tert-OH is 1. The van der Waals surface area contributed by atoms with Gasteiger partial charge < -0.3 is 25.2 Å². The maximum Gasteiger partial charge on any atom is 0.191 e. The van der Waals surface area contributed by atoms with Crippen LogP contribution in [0.25, 0.3) is 0 Å². The lowest BCUT2D eigenvalue weighted by molar-refractivity contribution is 0.186. The molecule has 9 nitrogen and oxygen atoms in total. The molecule has 1 aliphatic heterocycles. The van der Waals surface area contributed by atoms with E-state index in [9.17, 15) is 5.11 Å². The van der Waals surface area contributed by atoms with Crippen LogP contribution in [0.2, 0.25) is 0 Å². The van der Waals surface area contributed by atoms with Crippen LogP contribution in [0.5, 0.6) is 11.5 Å². The molecule has 0 spiro atoms. The van der Waals surface area contributed by atoms with Gasteiger partial charge in [-0.05, 0) is 31.0 Å². The highest BCUT2D eigenvalue weighted by molar-refractivity contribution is 14.0. The molecule has 2 aromatic rings. The third-order valence-electron chi connectivity index (χ3n) is 5.26. The molecule has 0 aliphatic carbocycles. The second-order valence-electron chi connectivity index (χ2n) is 7.98. The Kier molecular flexibility index (Phi) is 10.0. The Balaban J connectivity index is 0.00000363. The summed E-state index contributed by atoms with van der Waals surface area (Å²) in [5, 5.41) is 22.1. The molecule has 0 fully saturated rings. The van der Waals surface area contributed by atoms with Crippen molar-refractivity contribution in [2.75, 3.05) is 27.3 Å². The fourth-order valence-corrected chi connectivity index (χ4v) is 3.51. The first-order valence-electron chi connectivity index (χ1n) is 10.8. The van der Waals surface area contributed by atoms with E-state index in [1.54, 1.807) is 32.4 Å². The Morgan fingerprint density at radius 1 is 1.25 bits per heavy atom. The van der Waals surface area contributed by atoms with Gasteiger partial charge in [0, 0.05) is 31.0 Å². The van der Waals surface area contributed by atoms with Crippen LogP contribution in [0.4, 0.5) is 0 Å². The lowest BCUT2D eigenvalue weighted by Crippen LogP contribution is -2.47. The van der Waals surface area contributed by atoms with Crippen LogP contribution < -0.4 is 20.1 Å². The number of aromatic nitrogens is 3. The minimum Gasteiger partial charge on any atom is -0.497 e. The summed E-state index contributed by atoms with van der Waals surface area (Å²) in [5.74, 6) is 4.20. The van der Waals surface area contributed by atoms with Crippen LogP contribution in [0.15, 0.2) is 23.2 Å². The lowest BCUT2D eigenvalue weighted by Gasteiger charge is -2.25. The number of fused-ring (bicyclic) bond motifs is 1. The van der Waals surface area contributed by atoms with Crippen LogP contribution in [0.3, 0.4) is 0 Å². The van der Waals surface area contributed by atoms with Gasteiger partial charge in [-0.25, -0.2) is 9.67 Å². The monoisotopic (exact) mass is 558 g/mol. The summed E-state index contributed by atoms with van der Waals surface area (Å²) in [5.41, 5.74) is 0.696. The van der Waals surface area contributed by atoms with Gasteiger partial charge in [0.1, 0.15) is 17.3 Å². The molecule has 0 radical (unpaired) electrons. The van der Waals surface area contributed by atoms with E-state index in [1.807, 2.05) is 11.6 Å². The predicted molar refractivity (Wildman–Crippen MR) is 135 cm³/mol. The van der Waals surface area contributed by atoms with E-state index in [0.29, 0.717) is 28.9 Å². The molecule has 2 unspecified atom stereocenters. The van der Waals surface area contributed by atoms with E-state index in [0.717, 1.165) is 37.6 Å². The van der Waals surface area contributed by atoms with Crippen molar-refractivity contribution in [1.82, 2.24) is 25.4 Å². The number of halogens is 1. The summed E-state index contributed by atoms with van der Waals surface area (Å²) in [7, 11) is 3.18. The molecule has 178 valence electrons. The van der Waals surface area contributed by atoms with Gasteiger partial charge in [0.25, 0.3) is 0 Å². The fraction of sp³-hybridized carbons (Fsp3) is 0.591. The van der Waals surface area contributed by atoms with E-state index >= 15 is 0 Å². The number of aliphatic imine (C=N–C) groups is 1. The molecule has 2 atom stereocenters. The molecule has 1 aromatic heterocycles. The van der Waals surface area contributed by atoms with Gasteiger partial charge in [-0.2, -0.15) is 5.10 Å². The highest BCUT2D eigenvalue weighted by Crippen LogP contribution is 2.26. The SMILES string of the molecule is CCNC(=NCC(O)c1cc(OC)cc(OC)c1)NC1CCc2nc(C(C)C)nn2C1.I.